The van der Waals surface area contributed by atoms with Crippen molar-refractivity contribution in [1.82, 2.24) is 20.0 Å². The number of hydrogen-bond donors (Lipinski definition) is 1. The molecular formula is C19H24N4O3. The predicted octanol–water partition coefficient (Wildman–Crippen LogP) is 0.179. The van der Waals surface area contributed by atoms with E-state index in [0.717, 1.165) is 45.7 Å². The second kappa shape index (κ2) is 7.17. The molecule has 7 nitrogen and oxygen atoms in total. The molecule has 3 aliphatic heterocycles. The molecule has 0 radical (unpaired) electrons. The van der Waals surface area contributed by atoms with Gasteiger partial charge in [0.25, 0.3) is 11.8 Å². The first-order valence-electron chi connectivity index (χ1n) is 9.33. The Morgan fingerprint density at radius 3 is 2.35 bits per heavy atom. The Morgan fingerprint density at radius 1 is 1.04 bits per heavy atom. The van der Waals surface area contributed by atoms with E-state index in [1.54, 1.807) is 24.3 Å². The zero-order chi connectivity index (χ0) is 18.1. The van der Waals surface area contributed by atoms with Crippen LogP contribution in [0.5, 0.6) is 0 Å². The Hall–Kier alpha value is -2.25. The van der Waals surface area contributed by atoms with Crippen LogP contribution < -0.4 is 5.32 Å². The van der Waals surface area contributed by atoms with Crippen molar-refractivity contribution in [3.05, 3.63) is 35.4 Å². The first-order valence-corrected chi connectivity index (χ1v) is 9.33. The summed E-state index contributed by atoms with van der Waals surface area (Å²) in [5.74, 6) is -0.559. The molecule has 3 aliphatic rings. The standard InChI is InChI=1S/C19H24N4O3/c24-17(22-9-5-14(13-22)21-11-7-20-8-12-21)6-10-23-18(25)15-3-1-2-4-16(15)19(23)26/h1-4,14,20H,5-13H2. The number of rotatable bonds is 4. The first kappa shape index (κ1) is 17.2. The lowest BCUT2D eigenvalue weighted by Gasteiger charge is -2.32. The van der Waals surface area contributed by atoms with Crippen molar-refractivity contribution in [2.45, 2.75) is 18.9 Å². The van der Waals surface area contributed by atoms with E-state index in [1.165, 1.54) is 4.90 Å². The van der Waals surface area contributed by atoms with Gasteiger partial charge in [0, 0.05) is 58.3 Å². The minimum absolute atomic E-state index is 0.0270. The van der Waals surface area contributed by atoms with Crippen LogP contribution in [-0.2, 0) is 4.79 Å². The average Bonchev–Trinajstić information content (AvgIpc) is 3.26. The van der Waals surface area contributed by atoms with Gasteiger partial charge in [0.1, 0.15) is 0 Å². The van der Waals surface area contributed by atoms with Crippen LogP contribution in [0.2, 0.25) is 0 Å². The molecule has 3 heterocycles. The number of likely N-dealkylation sites (tertiary alicyclic amines) is 1. The van der Waals surface area contributed by atoms with Crippen molar-refractivity contribution in [3.8, 4) is 0 Å². The maximum atomic E-state index is 12.6. The van der Waals surface area contributed by atoms with E-state index in [1.807, 2.05) is 4.90 Å². The summed E-state index contributed by atoms with van der Waals surface area (Å²) in [4.78, 5) is 42.8. The lowest BCUT2D eigenvalue weighted by Crippen LogP contribution is -2.49. The zero-order valence-corrected chi connectivity index (χ0v) is 14.8. The van der Waals surface area contributed by atoms with Crippen LogP contribution in [0.3, 0.4) is 0 Å². The van der Waals surface area contributed by atoms with Crippen LogP contribution in [0.1, 0.15) is 33.6 Å². The van der Waals surface area contributed by atoms with E-state index in [4.69, 9.17) is 0 Å². The summed E-state index contributed by atoms with van der Waals surface area (Å²) in [5.41, 5.74) is 0.870. The Labute approximate surface area is 152 Å². The molecule has 1 aromatic carbocycles. The molecule has 0 aromatic heterocycles. The number of nitrogens with zero attached hydrogens (tertiary/aromatic N) is 3. The van der Waals surface area contributed by atoms with E-state index >= 15 is 0 Å². The van der Waals surface area contributed by atoms with E-state index in [0.29, 0.717) is 17.2 Å². The van der Waals surface area contributed by atoms with Gasteiger partial charge in [0.2, 0.25) is 5.91 Å². The second-order valence-corrected chi connectivity index (χ2v) is 7.13. The molecule has 138 valence electrons. The van der Waals surface area contributed by atoms with Gasteiger partial charge in [0.05, 0.1) is 11.1 Å². The molecule has 1 N–H and O–H groups in total. The highest BCUT2D eigenvalue weighted by Crippen LogP contribution is 2.23. The van der Waals surface area contributed by atoms with Gasteiger partial charge in [0.15, 0.2) is 0 Å². The number of amides is 3. The largest absolute Gasteiger partial charge is 0.341 e. The molecule has 0 saturated carbocycles. The normalized spacial score (nSPS) is 23.6. The van der Waals surface area contributed by atoms with Crippen LogP contribution in [0.15, 0.2) is 24.3 Å². The van der Waals surface area contributed by atoms with Gasteiger partial charge in [-0.15, -0.1) is 0 Å². The minimum atomic E-state index is -0.293. The molecule has 1 unspecified atom stereocenters. The molecule has 3 amide bonds. The molecule has 0 aliphatic carbocycles. The number of carbonyl (C=O) groups excluding carboxylic acids is 3. The highest BCUT2D eigenvalue weighted by molar-refractivity contribution is 6.21. The van der Waals surface area contributed by atoms with Crippen molar-refractivity contribution < 1.29 is 14.4 Å². The molecule has 0 spiro atoms. The Morgan fingerprint density at radius 2 is 1.69 bits per heavy atom. The number of benzene rings is 1. The lowest BCUT2D eigenvalue weighted by atomic mass is 10.1. The minimum Gasteiger partial charge on any atom is -0.341 e. The monoisotopic (exact) mass is 356 g/mol. The van der Waals surface area contributed by atoms with E-state index in [-0.39, 0.29) is 30.7 Å². The van der Waals surface area contributed by atoms with Crippen LogP contribution >= 0.6 is 0 Å². The topological polar surface area (TPSA) is 73.0 Å². The number of carbonyl (C=O) groups is 3. The average molecular weight is 356 g/mol. The number of hydrogen-bond acceptors (Lipinski definition) is 5. The van der Waals surface area contributed by atoms with Crippen molar-refractivity contribution in [2.75, 3.05) is 45.8 Å². The smallest absolute Gasteiger partial charge is 0.261 e. The Bertz CT molecular complexity index is 694. The SMILES string of the molecule is O=C(CCN1C(=O)c2ccccc2C1=O)N1CCC(N2CCNCC2)C1. The molecule has 2 fully saturated rings. The van der Waals surface area contributed by atoms with Gasteiger partial charge in [-0.05, 0) is 18.6 Å². The fourth-order valence-corrected chi connectivity index (χ4v) is 4.12. The third kappa shape index (κ3) is 3.12. The lowest BCUT2D eigenvalue weighted by molar-refractivity contribution is -0.130. The van der Waals surface area contributed by atoms with Gasteiger partial charge >= 0.3 is 0 Å². The van der Waals surface area contributed by atoms with Crippen molar-refractivity contribution in [2.24, 2.45) is 0 Å². The molecule has 2 saturated heterocycles. The summed E-state index contributed by atoms with van der Waals surface area (Å²) in [6.45, 7) is 5.73. The van der Waals surface area contributed by atoms with Crippen LogP contribution in [0, 0.1) is 0 Å². The number of piperazine rings is 1. The number of imide groups is 1. The first-order chi connectivity index (χ1) is 12.6. The number of fused-ring (bicyclic) bond motifs is 1. The van der Waals surface area contributed by atoms with Gasteiger partial charge < -0.3 is 10.2 Å². The third-order valence-electron chi connectivity index (χ3n) is 5.61. The quantitative estimate of drug-likeness (QED) is 0.779. The highest BCUT2D eigenvalue weighted by atomic mass is 16.2. The molecule has 1 aromatic rings. The maximum absolute atomic E-state index is 12.6. The van der Waals surface area contributed by atoms with Gasteiger partial charge in [-0.1, -0.05) is 12.1 Å². The van der Waals surface area contributed by atoms with Gasteiger partial charge in [-0.25, -0.2) is 0 Å². The van der Waals surface area contributed by atoms with Gasteiger partial charge in [-0.2, -0.15) is 0 Å². The highest BCUT2D eigenvalue weighted by Gasteiger charge is 2.36. The zero-order valence-electron chi connectivity index (χ0n) is 14.8. The van der Waals surface area contributed by atoms with Crippen molar-refractivity contribution in [1.29, 1.82) is 0 Å². The summed E-state index contributed by atoms with van der Waals surface area (Å²) in [6, 6.07) is 7.25. The van der Waals surface area contributed by atoms with Crippen LogP contribution in [0.25, 0.3) is 0 Å². The predicted molar refractivity (Wildman–Crippen MR) is 95.9 cm³/mol. The summed E-state index contributed by atoms with van der Waals surface area (Å²) in [7, 11) is 0. The van der Waals surface area contributed by atoms with Crippen LogP contribution in [0.4, 0.5) is 0 Å². The molecule has 0 bridgehead atoms. The van der Waals surface area contributed by atoms with E-state index in [2.05, 4.69) is 10.2 Å². The summed E-state index contributed by atoms with van der Waals surface area (Å²) in [5, 5.41) is 3.35. The molecule has 4 rings (SSSR count). The second-order valence-electron chi connectivity index (χ2n) is 7.13. The molecule has 7 heteroatoms. The summed E-state index contributed by atoms with van der Waals surface area (Å²) >= 11 is 0. The fourth-order valence-electron chi connectivity index (χ4n) is 4.12. The van der Waals surface area contributed by atoms with E-state index < -0.39 is 0 Å². The fraction of sp³-hybridized carbons (Fsp3) is 0.526. The maximum Gasteiger partial charge on any atom is 0.261 e. The molecule has 26 heavy (non-hydrogen) atoms. The third-order valence-corrected chi connectivity index (χ3v) is 5.61. The molecular weight excluding hydrogens is 332 g/mol. The van der Waals surface area contributed by atoms with Crippen molar-refractivity contribution >= 4 is 17.7 Å². The van der Waals surface area contributed by atoms with Gasteiger partial charge in [-0.3, -0.25) is 24.2 Å². The van der Waals surface area contributed by atoms with E-state index in [9.17, 15) is 14.4 Å². The molecule has 1 atom stereocenters. The Balaban J connectivity index is 1.31. The van der Waals surface area contributed by atoms with Crippen molar-refractivity contribution in [3.63, 3.8) is 0 Å². The summed E-state index contributed by atoms with van der Waals surface area (Å²) < 4.78 is 0. The summed E-state index contributed by atoms with van der Waals surface area (Å²) in [6.07, 6.45) is 1.19. The van der Waals surface area contributed by atoms with Crippen LogP contribution in [-0.4, -0.2) is 84.3 Å². The Kier molecular flexibility index (Phi) is 4.74. The number of nitrogens with one attached hydrogen (secondary N) is 1.